The fraction of sp³-hybridized carbons (Fsp3) is 0.727. The molecule has 0 saturated heterocycles. The normalized spacial score (nSPS) is 28.1. The molecule has 1 rings (SSSR count). The Kier molecular flexibility index (Phi) is 3.69. The lowest BCUT2D eigenvalue weighted by molar-refractivity contribution is -0.124. The Bertz CT molecular complexity index is 235. The zero-order valence-corrected chi connectivity index (χ0v) is 9.16. The van der Waals surface area contributed by atoms with Gasteiger partial charge in [0.1, 0.15) is 0 Å². The van der Waals surface area contributed by atoms with Crippen LogP contribution >= 0.6 is 0 Å². The average Bonchev–Trinajstić information content (AvgIpc) is 2.51. The molecule has 1 aliphatic carbocycles. The lowest BCUT2D eigenvalue weighted by atomic mass is 10.0. The summed E-state index contributed by atoms with van der Waals surface area (Å²) in [7, 11) is 0. The molecule has 1 amide bonds. The van der Waals surface area contributed by atoms with Gasteiger partial charge in [-0.3, -0.25) is 4.79 Å². The third-order valence-corrected chi connectivity index (χ3v) is 2.82. The summed E-state index contributed by atoms with van der Waals surface area (Å²) in [6, 6.07) is 0.285. The molecule has 3 nitrogen and oxygen atoms in total. The molecular weight excluding hydrogens is 176 g/mol. The SMILES string of the molecule is CC(C)C(C)NC(=O)C1C=CC(N)C1. The van der Waals surface area contributed by atoms with E-state index in [1.165, 1.54) is 0 Å². The maximum absolute atomic E-state index is 11.7. The Morgan fingerprint density at radius 3 is 2.50 bits per heavy atom. The molecular formula is C11H20N2O. The maximum atomic E-state index is 11.7. The van der Waals surface area contributed by atoms with Gasteiger partial charge < -0.3 is 11.1 Å². The van der Waals surface area contributed by atoms with E-state index in [0.717, 1.165) is 6.42 Å². The lowest BCUT2D eigenvalue weighted by Gasteiger charge is -2.19. The van der Waals surface area contributed by atoms with Crippen molar-refractivity contribution in [2.24, 2.45) is 17.6 Å². The first kappa shape index (κ1) is 11.2. The standard InChI is InChI=1S/C11H20N2O/c1-7(2)8(3)13-11(14)9-4-5-10(12)6-9/h4-5,7-10H,6,12H2,1-3H3,(H,13,14). The van der Waals surface area contributed by atoms with Crippen molar-refractivity contribution < 1.29 is 4.79 Å². The van der Waals surface area contributed by atoms with Crippen LogP contribution in [0.3, 0.4) is 0 Å². The van der Waals surface area contributed by atoms with Crippen LogP contribution in [0.4, 0.5) is 0 Å². The highest BCUT2D eigenvalue weighted by molar-refractivity contribution is 5.81. The van der Waals surface area contributed by atoms with E-state index in [-0.39, 0.29) is 23.9 Å². The van der Waals surface area contributed by atoms with Crippen molar-refractivity contribution >= 4 is 5.91 Å². The van der Waals surface area contributed by atoms with E-state index < -0.39 is 0 Å². The second-order valence-corrected chi connectivity index (χ2v) is 4.43. The van der Waals surface area contributed by atoms with E-state index in [1.807, 2.05) is 19.1 Å². The molecule has 14 heavy (non-hydrogen) atoms. The first-order chi connectivity index (χ1) is 6.50. The number of amides is 1. The lowest BCUT2D eigenvalue weighted by Crippen LogP contribution is -2.39. The van der Waals surface area contributed by atoms with Crippen molar-refractivity contribution in [3.05, 3.63) is 12.2 Å². The fourth-order valence-corrected chi connectivity index (χ4v) is 1.42. The van der Waals surface area contributed by atoms with E-state index in [9.17, 15) is 4.79 Å². The van der Waals surface area contributed by atoms with Crippen LogP contribution in [0.15, 0.2) is 12.2 Å². The summed E-state index contributed by atoms with van der Waals surface area (Å²) in [5.41, 5.74) is 5.69. The van der Waals surface area contributed by atoms with E-state index in [1.54, 1.807) is 0 Å². The van der Waals surface area contributed by atoms with Gasteiger partial charge in [-0.25, -0.2) is 0 Å². The molecule has 0 fully saturated rings. The highest BCUT2D eigenvalue weighted by Gasteiger charge is 2.23. The van der Waals surface area contributed by atoms with Crippen molar-refractivity contribution in [3.8, 4) is 0 Å². The first-order valence-corrected chi connectivity index (χ1v) is 5.25. The van der Waals surface area contributed by atoms with Crippen LogP contribution in [0.1, 0.15) is 27.2 Å². The zero-order valence-electron chi connectivity index (χ0n) is 9.16. The summed E-state index contributed by atoms with van der Waals surface area (Å²) < 4.78 is 0. The Hall–Kier alpha value is -0.830. The number of carbonyl (C=O) groups excluding carboxylic acids is 1. The van der Waals surface area contributed by atoms with Gasteiger partial charge in [0.2, 0.25) is 5.91 Å². The van der Waals surface area contributed by atoms with Gasteiger partial charge in [0, 0.05) is 12.1 Å². The van der Waals surface area contributed by atoms with Gasteiger partial charge in [-0.2, -0.15) is 0 Å². The molecule has 0 aromatic rings. The van der Waals surface area contributed by atoms with Crippen molar-refractivity contribution in [3.63, 3.8) is 0 Å². The summed E-state index contributed by atoms with van der Waals surface area (Å²) in [6.07, 6.45) is 4.56. The van der Waals surface area contributed by atoms with Crippen LogP contribution < -0.4 is 11.1 Å². The molecule has 3 atom stereocenters. The Balaban J connectivity index is 2.40. The molecule has 3 unspecified atom stereocenters. The summed E-state index contributed by atoms with van der Waals surface area (Å²) in [6.45, 7) is 6.23. The number of hydrogen-bond donors (Lipinski definition) is 2. The second-order valence-electron chi connectivity index (χ2n) is 4.43. The van der Waals surface area contributed by atoms with Crippen LogP contribution in [-0.4, -0.2) is 18.0 Å². The molecule has 0 aliphatic heterocycles. The molecule has 3 N–H and O–H groups in total. The average molecular weight is 196 g/mol. The minimum atomic E-state index is -0.0220. The maximum Gasteiger partial charge on any atom is 0.227 e. The topological polar surface area (TPSA) is 55.1 Å². The molecule has 0 aromatic carbocycles. The summed E-state index contributed by atoms with van der Waals surface area (Å²) in [4.78, 5) is 11.7. The summed E-state index contributed by atoms with van der Waals surface area (Å²) >= 11 is 0. The van der Waals surface area contributed by atoms with Gasteiger partial charge in [-0.15, -0.1) is 0 Å². The molecule has 0 bridgehead atoms. The smallest absolute Gasteiger partial charge is 0.227 e. The van der Waals surface area contributed by atoms with Gasteiger partial charge in [-0.05, 0) is 19.3 Å². The third kappa shape index (κ3) is 2.84. The number of hydrogen-bond acceptors (Lipinski definition) is 2. The molecule has 3 heteroatoms. The molecule has 80 valence electrons. The van der Waals surface area contributed by atoms with Crippen LogP contribution in [0.5, 0.6) is 0 Å². The third-order valence-electron chi connectivity index (χ3n) is 2.82. The van der Waals surface area contributed by atoms with E-state index in [2.05, 4.69) is 19.2 Å². The minimum Gasteiger partial charge on any atom is -0.353 e. The number of nitrogens with two attached hydrogens (primary N) is 1. The first-order valence-electron chi connectivity index (χ1n) is 5.25. The molecule has 0 spiro atoms. The highest BCUT2D eigenvalue weighted by atomic mass is 16.1. The van der Waals surface area contributed by atoms with Gasteiger partial charge in [-0.1, -0.05) is 26.0 Å². The molecule has 1 aliphatic rings. The highest BCUT2D eigenvalue weighted by Crippen LogP contribution is 2.16. The van der Waals surface area contributed by atoms with Crippen molar-refractivity contribution in [2.45, 2.75) is 39.3 Å². The molecule has 0 aromatic heterocycles. The second kappa shape index (κ2) is 4.60. The van der Waals surface area contributed by atoms with Crippen LogP contribution in [-0.2, 0) is 4.79 Å². The molecule has 0 saturated carbocycles. The van der Waals surface area contributed by atoms with Crippen molar-refractivity contribution in [1.82, 2.24) is 5.32 Å². The van der Waals surface area contributed by atoms with Crippen LogP contribution in [0, 0.1) is 11.8 Å². The largest absolute Gasteiger partial charge is 0.353 e. The fourth-order valence-electron chi connectivity index (χ4n) is 1.42. The molecule has 0 heterocycles. The quantitative estimate of drug-likeness (QED) is 0.663. The Morgan fingerprint density at radius 2 is 2.07 bits per heavy atom. The van der Waals surface area contributed by atoms with Gasteiger partial charge in [0.05, 0.1) is 5.92 Å². The molecule has 0 radical (unpaired) electrons. The summed E-state index contributed by atoms with van der Waals surface area (Å²) in [5, 5.41) is 3.00. The number of carbonyl (C=O) groups is 1. The monoisotopic (exact) mass is 196 g/mol. The van der Waals surface area contributed by atoms with E-state index >= 15 is 0 Å². The van der Waals surface area contributed by atoms with Crippen molar-refractivity contribution in [2.75, 3.05) is 0 Å². The Labute approximate surface area is 85.7 Å². The minimum absolute atomic E-state index is 0.0220. The number of rotatable bonds is 3. The van der Waals surface area contributed by atoms with Gasteiger partial charge in [0.15, 0.2) is 0 Å². The van der Waals surface area contributed by atoms with E-state index in [0.29, 0.717) is 5.92 Å². The van der Waals surface area contributed by atoms with Crippen LogP contribution in [0.25, 0.3) is 0 Å². The van der Waals surface area contributed by atoms with Gasteiger partial charge >= 0.3 is 0 Å². The Morgan fingerprint density at radius 1 is 1.43 bits per heavy atom. The summed E-state index contributed by atoms with van der Waals surface area (Å²) in [5.74, 6) is 0.555. The predicted octanol–water partition coefficient (Wildman–Crippen LogP) is 1.05. The predicted molar refractivity (Wildman–Crippen MR) is 57.7 cm³/mol. The van der Waals surface area contributed by atoms with Crippen LogP contribution in [0.2, 0.25) is 0 Å². The van der Waals surface area contributed by atoms with Gasteiger partial charge in [0.25, 0.3) is 0 Å². The number of nitrogens with one attached hydrogen (secondary N) is 1. The van der Waals surface area contributed by atoms with Crippen molar-refractivity contribution in [1.29, 1.82) is 0 Å². The van der Waals surface area contributed by atoms with E-state index in [4.69, 9.17) is 5.73 Å². The zero-order chi connectivity index (χ0) is 10.7.